The van der Waals surface area contributed by atoms with E-state index in [1.807, 2.05) is 51.3 Å². The van der Waals surface area contributed by atoms with Gasteiger partial charge in [-0.3, -0.25) is 4.79 Å². The van der Waals surface area contributed by atoms with Crippen molar-refractivity contribution in [2.45, 2.75) is 59.3 Å². The van der Waals surface area contributed by atoms with Gasteiger partial charge in [-0.05, 0) is 86.1 Å². The van der Waals surface area contributed by atoms with Crippen LogP contribution in [-0.2, 0) is 12.8 Å². The van der Waals surface area contributed by atoms with E-state index >= 15 is 0 Å². The van der Waals surface area contributed by atoms with E-state index in [0.29, 0.717) is 6.61 Å². The zero-order valence-corrected chi connectivity index (χ0v) is 22.7. The van der Waals surface area contributed by atoms with Gasteiger partial charge < -0.3 is 10.1 Å². The van der Waals surface area contributed by atoms with Crippen LogP contribution in [0.1, 0.15) is 70.1 Å². The van der Waals surface area contributed by atoms with Crippen molar-refractivity contribution < 1.29 is 9.53 Å². The van der Waals surface area contributed by atoms with Crippen LogP contribution in [0.3, 0.4) is 0 Å². The molecule has 5 heteroatoms. The predicted molar refractivity (Wildman–Crippen MR) is 156 cm³/mol. The zero-order valence-electron chi connectivity index (χ0n) is 21.9. The fourth-order valence-corrected chi connectivity index (χ4v) is 6.33. The molecule has 5 rings (SSSR count). The summed E-state index contributed by atoms with van der Waals surface area (Å²) in [6.07, 6.45) is 8.54. The summed E-state index contributed by atoms with van der Waals surface area (Å²) in [4.78, 5) is 20.1. The maximum atomic E-state index is 13.8. The number of carbonyl (C=O) groups excluding carboxylic acids is 1. The number of benzene rings is 3. The van der Waals surface area contributed by atoms with Gasteiger partial charge in [0.15, 0.2) is 0 Å². The lowest BCUT2D eigenvalue weighted by atomic mass is 9.96. The maximum Gasteiger partial charge on any atom is 0.259 e. The number of fused-ring (bicyclic) bond motifs is 2. The highest BCUT2D eigenvalue weighted by atomic mass is 32.1. The number of ether oxygens (including phenoxy) is 1. The monoisotopic (exact) mass is 510 g/mol. The van der Waals surface area contributed by atoms with Gasteiger partial charge in [0, 0.05) is 22.3 Å². The second kappa shape index (κ2) is 11.3. The zero-order chi connectivity index (χ0) is 25.8. The second-order valence-corrected chi connectivity index (χ2v) is 10.8. The maximum absolute atomic E-state index is 13.8. The van der Waals surface area contributed by atoms with Gasteiger partial charge in [-0.1, -0.05) is 55.3 Å². The molecule has 0 radical (unpaired) electrons. The van der Waals surface area contributed by atoms with Crippen LogP contribution in [0.5, 0.6) is 5.75 Å². The fourth-order valence-electron chi connectivity index (χ4n) is 5.10. The van der Waals surface area contributed by atoms with E-state index in [0.717, 1.165) is 75.1 Å². The van der Waals surface area contributed by atoms with Crippen LogP contribution >= 0.6 is 11.3 Å². The summed E-state index contributed by atoms with van der Waals surface area (Å²) < 4.78 is 5.96. The SMILES string of the molecule is CCOc1ccc2ccccc2c1C=Nc1sc2c(c1C(=O)Nc1cc(C)ccc1C)CCCCCC2. The Hall–Kier alpha value is -3.44. The van der Waals surface area contributed by atoms with Crippen LogP contribution in [0, 0.1) is 13.8 Å². The Labute approximate surface area is 223 Å². The topological polar surface area (TPSA) is 50.7 Å². The standard InChI is InChI=1S/C32H34N2O2S/c1-4-36-28-18-17-23-11-9-10-12-24(23)26(28)20-33-32-30(25-13-7-5-6-8-14-29(25)37-32)31(35)34-27-19-21(2)15-16-22(27)3/h9-12,15-20H,4-8,13-14H2,1-3H3,(H,34,35). The Balaban J connectivity index is 1.60. The van der Waals surface area contributed by atoms with Crippen molar-refractivity contribution in [2.24, 2.45) is 4.99 Å². The van der Waals surface area contributed by atoms with Crippen molar-refractivity contribution in [1.29, 1.82) is 0 Å². The van der Waals surface area contributed by atoms with Crippen molar-refractivity contribution in [1.82, 2.24) is 0 Å². The highest BCUT2D eigenvalue weighted by Gasteiger charge is 2.24. The summed E-state index contributed by atoms with van der Waals surface area (Å²) in [5, 5.41) is 6.22. The summed E-state index contributed by atoms with van der Waals surface area (Å²) in [5.74, 6) is 0.739. The third-order valence-corrected chi connectivity index (χ3v) is 8.26. The lowest BCUT2D eigenvalue weighted by Gasteiger charge is -2.13. The van der Waals surface area contributed by atoms with E-state index in [9.17, 15) is 4.79 Å². The number of carbonyl (C=O) groups is 1. The van der Waals surface area contributed by atoms with Gasteiger partial charge in [0.05, 0.1) is 12.2 Å². The first-order valence-electron chi connectivity index (χ1n) is 13.3. The third kappa shape index (κ3) is 5.47. The molecule has 0 fully saturated rings. The molecular formula is C32H34N2O2S. The molecule has 190 valence electrons. The average molecular weight is 511 g/mol. The fraction of sp³-hybridized carbons (Fsp3) is 0.312. The number of hydrogen-bond donors (Lipinski definition) is 1. The summed E-state index contributed by atoms with van der Waals surface area (Å²) in [5.41, 5.74) is 5.90. The van der Waals surface area contributed by atoms with Crippen molar-refractivity contribution in [3.63, 3.8) is 0 Å². The molecule has 0 saturated heterocycles. The lowest BCUT2D eigenvalue weighted by Crippen LogP contribution is -2.15. The molecule has 0 bridgehead atoms. The number of anilines is 1. The van der Waals surface area contributed by atoms with Crippen LogP contribution in [0.2, 0.25) is 0 Å². The molecule has 37 heavy (non-hydrogen) atoms. The van der Waals surface area contributed by atoms with Crippen molar-refractivity contribution in [3.05, 3.63) is 87.3 Å². The molecule has 4 nitrogen and oxygen atoms in total. The Kier molecular flexibility index (Phi) is 7.71. The first-order chi connectivity index (χ1) is 18.0. The van der Waals surface area contributed by atoms with Gasteiger partial charge in [0.1, 0.15) is 10.8 Å². The smallest absolute Gasteiger partial charge is 0.259 e. The third-order valence-electron chi connectivity index (χ3n) is 7.06. The Morgan fingerprint density at radius 2 is 1.84 bits per heavy atom. The molecule has 1 heterocycles. The number of nitrogens with one attached hydrogen (secondary N) is 1. The van der Waals surface area contributed by atoms with E-state index in [-0.39, 0.29) is 5.91 Å². The summed E-state index contributed by atoms with van der Waals surface area (Å²) in [6, 6.07) is 18.5. The van der Waals surface area contributed by atoms with Gasteiger partial charge >= 0.3 is 0 Å². The van der Waals surface area contributed by atoms with Gasteiger partial charge in [0.25, 0.3) is 5.91 Å². The van der Waals surface area contributed by atoms with Gasteiger partial charge in [-0.15, -0.1) is 11.3 Å². The van der Waals surface area contributed by atoms with E-state index in [2.05, 4.69) is 35.6 Å². The molecular weight excluding hydrogens is 476 g/mol. The minimum Gasteiger partial charge on any atom is -0.493 e. The van der Waals surface area contributed by atoms with Crippen molar-refractivity contribution >= 4 is 44.9 Å². The Bertz CT molecular complexity index is 1470. The van der Waals surface area contributed by atoms with Crippen LogP contribution in [0.25, 0.3) is 10.8 Å². The van der Waals surface area contributed by atoms with Crippen LogP contribution in [0.15, 0.2) is 59.6 Å². The summed E-state index contributed by atoms with van der Waals surface area (Å²) >= 11 is 1.68. The summed E-state index contributed by atoms with van der Waals surface area (Å²) in [7, 11) is 0. The van der Waals surface area contributed by atoms with E-state index in [1.54, 1.807) is 11.3 Å². The van der Waals surface area contributed by atoms with E-state index in [4.69, 9.17) is 9.73 Å². The molecule has 1 aliphatic rings. The molecule has 1 aliphatic carbocycles. The van der Waals surface area contributed by atoms with E-state index in [1.165, 1.54) is 23.3 Å². The van der Waals surface area contributed by atoms with Crippen LogP contribution in [0.4, 0.5) is 10.7 Å². The molecule has 1 aromatic heterocycles. The first kappa shape index (κ1) is 25.2. The number of amides is 1. The van der Waals surface area contributed by atoms with Crippen molar-refractivity contribution in [3.8, 4) is 5.75 Å². The molecule has 4 aromatic rings. The number of thiophene rings is 1. The molecule has 0 unspecified atom stereocenters. The molecule has 0 aliphatic heterocycles. The first-order valence-corrected chi connectivity index (χ1v) is 14.1. The average Bonchev–Trinajstić information content (AvgIpc) is 3.21. The molecule has 1 amide bonds. The number of aryl methyl sites for hydroxylation is 3. The van der Waals surface area contributed by atoms with Crippen LogP contribution in [-0.4, -0.2) is 18.7 Å². The summed E-state index contributed by atoms with van der Waals surface area (Å²) in [6.45, 7) is 6.65. The van der Waals surface area contributed by atoms with Gasteiger partial charge in [0.2, 0.25) is 0 Å². The normalized spacial score (nSPS) is 13.8. The number of nitrogens with zero attached hydrogens (tertiary/aromatic N) is 1. The minimum atomic E-state index is -0.0677. The quantitative estimate of drug-likeness (QED) is 0.264. The van der Waals surface area contributed by atoms with Gasteiger partial charge in [-0.25, -0.2) is 4.99 Å². The number of rotatable bonds is 6. The van der Waals surface area contributed by atoms with E-state index < -0.39 is 0 Å². The molecule has 0 spiro atoms. The molecule has 0 saturated carbocycles. The molecule has 1 N–H and O–H groups in total. The van der Waals surface area contributed by atoms with Gasteiger partial charge in [-0.2, -0.15) is 0 Å². The number of aliphatic imine (C=N–C) groups is 1. The highest BCUT2D eigenvalue weighted by Crippen LogP contribution is 2.40. The number of hydrogen-bond acceptors (Lipinski definition) is 4. The van der Waals surface area contributed by atoms with Crippen molar-refractivity contribution in [2.75, 3.05) is 11.9 Å². The largest absolute Gasteiger partial charge is 0.493 e. The lowest BCUT2D eigenvalue weighted by molar-refractivity contribution is 0.102. The predicted octanol–water partition coefficient (Wildman–Crippen LogP) is 8.58. The second-order valence-electron chi connectivity index (χ2n) is 9.76. The Morgan fingerprint density at radius 1 is 1.03 bits per heavy atom. The molecule has 0 atom stereocenters. The molecule has 3 aromatic carbocycles. The Morgan fingerprint density at radius 3 is 2.68 bits per heavy atom. The highest BCUT2D eigenvalue weighted by molar-refractivity contribution is 7.16. The van der Waals surface area contributed by atoms with Crippen LogP contribution < -0.4 is 10.1 Å². The minimum absolute atomic E-state index is 0.0677.